The fourth-order valence-electron chi connectivity index (χ4n) is 1.80. The number of hydrogen-bond donors (Lipinski definition) is 0. The van der Waals surface area contributed by atoms with Crippen LogP contribution in [0.25, 0.3) is 6.08 Å². The molecule has 19 heavy (non-hydrogen) atoms. The molecule has 2 nitrogen and oxygen atoms in total. The zero-order chi connectivity index (χ0) is 14.3. The third-order valence-electron chi connectivity index (χ3n) is 3.69. The fraction of sp³-hybridized carbons (Fsp3) is 0.429. The third-order valence-corrected chi connectivity index (χ3v) is 3.98. The minimum Gasteiger partial charge on any atom is -0.400 e. The Morgan fingerprint density at radius 3 is 2.32 bits per heavy atom. The van der Waals surface area contributed by atoms with Gasteiger partial charge in [0, 0.05) is 5.56 Å². The molecule has 1 fully saturated rings. The lowest BCUT2D eigenvalue weighted by molar-refractivity contribution is 0.00578. The van der Waals surface area contributed by atoms with Gasteiger partial charge in [0.1, 0.15) is 5.82 Å². The first kappa shape index (κ1) is 14.6. The standard InChI is InChI=1S/C14H17BClFO2/c1-13(2)14(3,4)19-15(18-13)9-8-10-6-5-7-11(16)12(10)17/h5-9H,1-4H3/b9-8+. The zero-order valence-corrected chi connectivity index (χ0v) is 12.3. The Morgan fingerprint density at radius 1 is 1.16 bits per heavy atom. The fourth-order valence-corrected chi connectivity index (χ4v) is 1.98. The topological polar surface area (TPSA) is 18.5 Å². The van der Waals surface area contributed by atoms with Gasteiger partial charge in [-0.05, 0) is 33.8 Å². The summed E-state index contributed by atoms with van der Waals surface area (Å²) in [6, 6.07) is 4.88. The summed E-state index contributed by atoms with van der Waals surface area (Å²) in [5.41, 5.74) is -0.369. The average molecular weight is 283 g/mol. The van der Waals surface area contributed by atoms with Gasteiger partial charge in [-0.25, -0.2) is 4.39 Å². The van der Waals surface area contributed by atoms with Gasteiger partial charge in [-0.3, -0.25) is 0 Å². The molecule has 0 spiro atoms. The van der Waals surface area contributed by atoms with E-state index in [9.17, 15) is 4.39 Å². The molecule has 102 valence electrons. The van der Waals surface area contributed by atoms with Crippen molar-refractivity contribution in [1.82, 2.24) is 0 Å². The summed E-state index contributed by atoms with van der Waals surface area (Å²) in [4.78, 5) is 0. The van der Waals surface area contributed by atoms with Gasteiger partial charge in [-0.1, -0.05) is 35.8 Å². The van der Waals surface area contributed by atoms with Gasteiger partial charge in [-0.2, -0.15) is 0 Å². The maximum atomic E-state index is 13.7. The van der Waals surface area contributed by atoms with Crippen LogP contribution in [-0.2, 0) is 9.31 Å². The first-order valence-electron chi connectivity index (χ1n) is 6.21. The number of benzene rings is 1. The van der Waals surface area contributed by atoms with Crippen molar-refractivity contribution in [3.63, 3.8) is 0 Å². The molecule has 0 bridgehead atoms. The van der Waals surface area contributed by atoms with Crippen molar-refractivity contribution in [1.29, 1.82) is 0 Å². The molecule has 1 saturated heterocycles. The Morgan fingerprint density at radius 2 is 1.74 bits per heavy atom. The van der Waals surface area contributed by atoms with Crippen LogP contribution in [0.5, 0.6) is 0 Å². The molecule has 1 aromatic carbocycles. The maximum Gasteiger partial charge on any atom is 0.487 e. The first-order valence-corrected chi connectivity index (χ1v) is 6.58. The van der Waals surface area contributed by atoms with Gasteiger partial charge in [-0.15, -0.1) is 0 Å². The van der Waals surface area contributed by atoms with Crippen LogP contribution in [0.3, 0.4) is 0 Å². The molecule has 1 aliphatic heterocycles. The molecule has 2 rings (SSSR count). The third kappa shape index (κ3) is 2.86. The van der Waals surface area contributed by atoms with Gasteiger partial charge in [0.15, 0.2) is 0 Å². The minimum absolute atomic E-state index is 0.107. The van der Waals surface area contributed by atoms with Crippen LogP contribution in [0.15, 0.2) is 24.2 Å². The molecule has 0 unspecified atom stereocenters. The predicted molar refractivity (Wildman–Crippen MR) is 76.5 cm³/mol. The summed E-state index contributed by atoms with van der Waals surface area (Å²) in [5, 5.41) is 0.107. The van der Waals surface area contributed by atoms with E-state index in [4.69, 9.17) is 20.9 Å². The molecule has 0 aliphatic carbocycles. The molecule has 0 amide bonds. The van der Waals surface area contributed by atoms with Crippen molar-refractivity contribution >= 4 is 24.8 Å². The molecule has 1 aromatic rings. The normalized spacial score (nSPS) is 21.3. The van der Waals surface area contributed by atoms with E-state index in [-0.39, 0.29) is 5.02 Å². The van der Waals surface area contributed by atoms with Gasteiger partial charge in [0.2, 0.25) is 0 Å². The van der Waals surface area contributed by atoms with E-state index in [0.717, 1.165) is 0 Å². The predicted octanol–water partition coefficient (Wildman–Crippen LogP) is 4.12. The second-order valence-corrected chi connectivity index (χ2v) is 6.03. The lowest BCUT2D eigenvalue weighted by Crippen LogP contribution is -2.41. The van der Waals surface area contributed by atoms with E-state index in [1.165, 1.54) is 6.07 Å². The van der Waals surface area contributed by atoms with Crippen LogP contribution in [0.1, 0.15) is 33.3 Å². The summed E-state index contributed by atoms with van der Waals surface area (Å²) in [5.74, 6) is 1.27. The Bertz CT molecular complexity index is 498. The van der Waals surface area contributed by atoms with Crippen molar-refractivity contribution in [2.24, 2.45) is 0 Å². The monoisotopic (exact) mass is 282 g/mol. The largest absolute Gasteiger partial charge is 0.487 e. The summed E-state index contributed by atoms with van der Waals surface area (Å²) in [6.07, 6.45) is 1.63. The molecular formula is C14H17BClFO2. The Kier molecular flexibility index (Phi) is 3.78. The molecule has 0 aromatic heterocycles. The van der Waals surface area contributed by atoms with Gasteiger partial charge >= 0.3 is 7.12 Å². The van der Waals surface area contributed by atoms with Crippen LogP contribution in [0.4, 0.5) is 4.39 Å². The number of halogens is 2. The second-order valence-electron chi connectivity index (χ2n) is 5.63. The van der Waals surface area contributed by atoms with E-state index in [1.54, 1.807) is 24.2 Å². The molecule has 0 atom stereocenters. The molecule has 1 aliphatic rings. The van der Waals surface area contributed by atoms with Crippen LogP contribution in [0.2, 0.25) is 5.02 Å². The summed E-state index contributed by atoms with van der Waals surface area (Å²) < 4.78 is 25.3. The number of rotatable bonds is 2. The molecule has 0 saturated carbocycles. The SMILES string of the molecule is CC1(C)OB(/C=C/c2cccc(Cl)c2F)OC1(C)C. The smallest absolute Gasteiger partial charge is 0.400 e. The van der Waals surface area contributed by atoms with E-state index < -0.39 is 24.1 Å². The van der Waals surface area contributed by atoms with Gasteiger partial charge in [0.05, 0.1) is 16.2 Å². The highest BCUT2D eigenvalue weighted by atomic mass is 35.5. The van der Waals surface area contributed by atoms with Crippen LogP contribution >= 0.6 is 11.6 Å². The number of hydrogen-bond acceptors (Lipinski definition) is 2. The maximum absolute atomic E-state index is 13.7. The van der Waals surface area contributed by atoms with Crippen molar-refractivity contribution < 1.29 is 13.7 Å². The van der Waals surface area contributed by atoms with Gasteiger partial charge < -0.3 is 9.31 Å². The van der Waals surface area contributed by atoms with E-state index in [0.29, 0.717) is 5.56 Å². The lowest BCUT2D eigenvalue weighted by atomic mass is 9.89. The highest BCUT2D eigenvalue weighted by Gasteiger charge is 2.49. The van der Waals surface area contributed by atoms with E-state index >= 15 is 0 Å². The van der Waals surface area contributed by atoms with Crippen molar-refractivity contribution in [3.8, 4) is 0 Å². The quantitative estimate of drug-likeness (QED) is 0.760. The molecule has 0 radical (unpaired) electrons. The first-order chi connectivity index (χ1) is 8.73. The Hall–Kier alpha value is -0.835. The molecule has 1 heterocycles. The average Bonchev–Trinajstić information content (AvgIpc) is 2.50. The minimum atomic E-state index is -0.483. The van der Waals surface area contributed by atoms with Crippen molar-refractivity contribution in [3.05, 3.63) is 40.6 Å². The van der Waals surface area contributed by atoms with Crippen molar-refractivity contribution in [2.45, 2.75) is 38.9 Å². The van der Waals surface area contributed by atoms with Crippen LogP contribution in [-0.4, -0.2) is 18.3 Å². The van der Waals surface area contributed by atoms with Crippen LogP contribution in [0, 0.1) is 5.82 Å². The summed E-state index contributed by atoms with van der Waals surface area (Å²) >= 11 is 5.73. The molecule has 0 N–H and O–H groups in total. The highest BCUT2D eigenvalue weighted by Crippen LogP contribution is 2.37. The second kappa shape index (κ2) is 4.93. The zero-order valence-electron chi connectivity index (χ0n) is 11.5. The van der Waals surface area contributed by atoms with E-state index in [1.807, 2.05) is 27.7 Å². The summed E-state index contributed by atoms with van der Waals surface area (Å²) in [6.45, 7) is 7.89. The van der Waals surface area contributed by atoms with Crippen molar-refractivity contribution in [2.75, 3.05) is 0 Å². The highest BCUT2D eigenvalue weighted by molar-refractivity contribution is 6.52. The lowest BCUT2D eigenvalue weighted by Gasteiger charge is -2.32. The molecular weight excluding hydrogens is 265 g/mol. The van der Waals surface area contributed by atoms with Gasteiger partial charge in [0.25, 0.3) is 0 Å². The van der Waals surface area contributed by atoms with Crippen LogP contribution < -0.4 is 0 Å². The summed E-state index contributed by atoms with van der Waals surface area (Å²) in [7, 11) is -0.483. The Balaban J connectivity index is 2.15. The molecule has 5 heteroatoms. The Labute approximate surface area is 118 Å². The van der Waals surface area contributed by atoms with E-state index in [2.05, 4.69) is 0 Å².